The standard InChI is InChI=1S/C15H17FN2O/c1-9-5-6-10(16)7-11(9)12-8-13(19)18-14(17-12)15(2,3)4/h5-8H,1-4H3,(H,17,18,19). The third-order valence-electron chi connectivity index (χ3n) is 2.93. The molecule has 3 nitrogen and oxygen atoms in total. The molecule has 0 atom stereocenters. The van der Waals surface area contributed by atoms with Crippen molar-refractivity contribution in [2.75, 3.05) is 0 Å². The Balaban J connectivity index is 2.66. The topological polar surface area (TPSA) is 45.8 Å². The van der Waals surface area contributed by atoms with Gasteiger partial charge < -0.3 is 4.98 Å². The van der Waals surface area contributed by atoms with Crippen molar-refractivity contribution in [3.8, 4) is 11.3 Å². The number of aryl methyl sites for hydroxylation is 1. The van der Waals surface area contributed by atoms with Gasteiger partial charge in [0.2, 0.25) is 0 Å². The highest BCUT2D eigenvalue weighted by Crippen LogP contribution is 2.24. The molecule has 0 spiro atoms. The number of rotatable bonds is 1. The van der Waals surface area contributed by atoms with Gasteiger partial charge in [0.25, 0.3) is 5.56 Å². The van der Waals surface area contributed by atoms with Crippen molar-refractivity contribution in [2.45, 2.75) is 33.1 Å². The summed E-state index contributed by atoms with van der Waals surface area (Å²) >= 11 is 0. The molecule has 4 heteroatoms. The van der Waals surface area contributed by atoms with Crippen LogP contribution < -0.4 is 5.56 Å². The number of H-pyrrole nitrogens is 1. The van der Waals surface area contributed by atoms with Crippen LogP contribution in [0.3, 0.4) is 0 Å². The Hall–Kier alpha value is -1.97. The fourth-order valence-corrected chi connectivity index (χ4v) is 1.82. The van der Waals surface area contributed by atoms with Crippen LogP contribution in [-0.4, -0.2) is 9.97 Å². The molecule has 2 rings (SSSR count). The molecule has 19 heavy (non-hydrogen) atoms. The third-order valence-corrected chi connectivity index (χ3v) is 2.93. The number of benzene rings is 1. The van der Waals surface area contributed by atoms with E-state index in [2.05, 4.69) is 9.97 Å². The molecule has 1 N–H and O–H groups in total. The van der Waals surface area contributed by atoms with Crippen LogP contribution in [0.25, 0.3) is 11.3 Å². The van der Waals surface area contributed by atoms with Gasteiger partial charge in [-0.05, 0) is 24.6 Å². The van der Waals surface area contributed by atoms with Crippen LogP contribution in [-0.2, 0) is 5.41 Å². The average molecular weight is 260 g/mol. The van der Waals surface area contributed by atoms with Crippen LogP contribution in [0.15, 0.2) is 29.1 Å². The predicted octanol–water partition coefficient (Wildman–Crippen LogP) is 3.18. The number of nitrogens with zero attached hydrogens (tertiary/aromatic N) is 1. The molecule has 0 aliphatic carbocycles. The molecule has 1 aromatic carbocycles. The maximum absolute atomic E-state index is 13.4. The highest BCUT2D eigenvalue weighted by Gasteiger charge is 2.18. The Morgan fingerprint density at radius 2 is 1.89 bits per heavy atom. The minimum Gasteiger partial charge on any atom is -0.310 e. The number of nitrogens with one attached hydrogen (secondary N) is 1. The maximum Gasteiger partial charge on any atom is 0.251 e. The van der Waals surface area contributed by atoms with Crippen LogP contribution in [0.5, 0.6) is 0 Å². The number of aromatic nitrogens is 2. The summed E-state index contributed by atoms with van der Waals surface area (Å²) in [5.41, 5.74) is 1.55. The van der Waals surface area contributed by atoms with Gasteiger partial charge in [-0.2, -0.15) is 0 Å². The van der Waals surface area contributed by atoms with Crippen LogP contribution in [0.2, 0.25) is 0 Å². The molecule has 1 aromatic heterocycles. The molecule has 0 amide bonds. The lowest BCUT2D eigenvalue weighted by Crippen LogP contribution is -2.22. The quantitative estimate of drug-likeness (QED) is 0.856. The first kappa shape index (κ1) is 13.5. The smallest absolute Gasteiger partial charge is 0.251 e. The molecular weight excluding hydrogens is 243 g/mol. The van der Waals surface area contributed by atoms with Crippen LogP contribution in [0.1, 0.15) is 32.2 Å². The second-order valence-electron chi connectivity index (χ2n) is 5.69. The lowest BCUT2D eigenvalue weighted by molar-refractivity contribution is 0.543. The van der Waals surface area contributed by atoms with Crippen molar-refractivity contribution >= 4 is 0 Å². The van der Waals surface area contributed by atoms with Gasteiger partial charge in [0, 0.05) is 17.0 Å². The minimum absolute atomic E-state index is 0.224. The van der Waals surface area contributed by atoms with Crippen molar-refractivity contribution in [1.82, 2.24) is 9.97 Å². The monoisotopic (exact) mass is 260 g/mol. The highest BCUT2D eigenvalue weighted by atomic mass is 19.1. The fourth-order valence-electron chi connectivity index (χ4n) is 1.82. The zero-order valence-electron chi connectivity index (χ0n) is 11.5. The summed E-state index contributed by atoms with van der Waals surface area (Å²) in [7, 11) is 0. The van der Waals surface area contributed by atoms with E-state index in [4.69, 9.17) is 0 Å². The summed E-state index contributed by atoms with van der Waals surface area (Å²) in [5, 5.41) is 0. The molecule has 0 fully saturated rings. The maximum atomic E-state index is 13.4. The van der Waals surface area contributed by atoms with Crippen LogP contribution in [0.4, 0.5) is 4.39 Å². The summed E-state index contributed by atoms with van der Waals surface area (Å²) in [6, 6.07) is 5.89. The molecule has 0 radical (unpaired) electrons. The van der Waals surface area contributed by atoms with E-state index in [0.29, 0.717) is 17.1 Å². The first-order valence-corrected chi connectivity index (χ1v) is 6.16. The molecule has 0 aliphatic heterocycles. The summed E-state index contributed by atoms with van der Waals surface area (Å²) in [6.07, 6.45) is 0. The van der Waals surface area contributed by atoms with Gasteiger partial charge in [0.05, 0.1) is 5.69 Å². The zero-order chi connectivity index (χ0) is 14.2. The second-order valence-corrected chi connectivity index (χ2v) is 5.69. The number of aromatic amines is 1. The van der Waals surface area contributed by atoms with E-state index >= 15 is 0 Å². The van der Waals surface area contributed by atoms with E-state index in [1.165, 1.54) is 18.2 Å². The Labute approximate surface area is 111 Å². The Morgan fingerprint density at radius 3 is 2.53 bits per heavy atom. The van der Waals surface area contributed by atoms with Crippen molar-refractivity contribution in [1.29, 1.82) is 0 Å². The van der Waals surface area contributed by atoms with E-state index in [1.54, 1.807) is 6.07 Å². The molecule has 1 heterocycles. The number of halogens is 1. The molecule has 0 bridgehead atoms. The van der Waals surface area contributed by atoms with Gasteiger partial charge >= 0.3 is 0 Å². The summed E-state index contributed by atoms with van der Waals surface area (Å²) < 4.78 is 13.4. The zero-order valence-corrected chi connectivity index (χ0v) is 11.5. The molecule has 0 saturated heterocycles. The van der Waals surface area contributed by atoms with Crippen molar-refractivity contribution in [3.05, 3.63) is 51.8 Å². The minimum atomic E-state index is -0.333. The highest BCUT2D eigenvalue weighted by molar-refractivity contribution is 5.63. The van der Waals surface area contributed by atoms with Gasteiger partial charge in [-0.3, -0.25) is 4.79 Å². The molecule has 2 aromatic rings. The van der Waals surface area contributed by atoms with Crippen molar-refractivity contribution in [3.63, 3.8) is 0 Å². The van der Waals surface area contributed by atoms with E-state index in [0.717, 1.165) is 5.56 Å². The van der Waals surface area contributed by atoms with Crippen molar-refractivity contribution in [2.24, 2.45) is 0 Å². The Bertz CT molecular complexity index is 669. The fraction of sp³-hybridized carbons (Fsp3) is 0.333. The van der Waals surface area contributed by atoms with Gasteiger partial charge in [-0.15, -0.1) is 0 Å². The third kappa shape index (κ3) is 2.89. The largest absolute Gasteiger partial charge is 0.310 e. The van der Waals surface area contributed by atoms with Gasteiger partial charge in [-0.25, -0.2) is 9.37 Å². The van der Waals surface area contributed by atoms with E-state index in [-0.39, 0.29) is 16.8 Å². The normalized spacial score (nSPS) is 11.6. The molecule has 0 unspecified atom stereocenters. The first-order valence-electron chi connectivity index (χ1n) is 6.16. The summed E-state index contributed by atoms with van der Waals surface area (Å²) in [6.45, 7) is 7.77. The number of hydrogen-bond acceptors (Lipinski definition) is 2. The second kappa shape index (κ2) is 4.61. The predicted molar refractivity (Wildman–Crippen MR) is 73.7 cm³/mol. The van der Waals surface area contributed by atoms with E-state index in [9.17, 15) is 9.18 Å². The molecule has 100 valence electrons. The van der Waals surface area contributed by atoms with E-state index < -0.39 is 0 Å². The van der Waals surface area contributed by atoms with Crippen LogP contribution >= 0.6 is 0 Å². The Kier molecular flexibility index (Phi) is 3.27. The number of hydrogen-bond donors (Lipinski definition) is 1. The molecule has 0 aliphatic rings. The first-order chi connectivity index (χ1) is 8.77. The van der Waals surface area contributed by atoms with Crippen LogP contribution in [0, 0.1) is 12.7 Å². The van der Waals surface area contributed by atoms with Gasteiger partial charge in [0.1, 0.15) is 11.6 Å². The lowest BCUT2D eigenvalue weighted by Gasteiger charge is -2.18. The van der Waals surface area contributed by atoms with Gasteiger partial charge in [0.15, 0.2) is 0 Å². The molecular formula is C15H17FN2O. The lowest BCUT2D eigenvalue weighted by atomic mass is 9.95. The van der Waals surface area contributed by atoms with E-state index in [1.807, 2.05) is 27.7 Å². The summed E-state index contributed by atoms with van der Waals surface area (Å²) in [5.74, 6) is 0.263. The van der Waals surface area contributed by atoms with Gasteiger partial charge in [-0.1, -0.05) is 26.8 Å². The summed E-state index contributed by atoms with van der Waals surface area (Å²) in [4.78, 5) is 18.9. The Morgan fingerprint density at radius 1 is 1.21 bits per heavy atom. The molecule has 0 saturated carbocycles. The van der Waals surface area contributed by atoms with Crippen molar-refractivity contribution < 1.29 is 4.39 Å². The SMILES string of the molecule is Cc1ccc(F)cc1-c1cc(=O)[nH]c(C(C)(C)C)n1. The average Bonchev–Trinajstić information content (AvgIpc) is 2.30.